The molecule has 1 aromatic heterocycles. The van der Waals surface area contributed by atoms with Gasteiger partial charge < -0.3 is 10.7 Å². The molecule has 0 unspecified atom stereocenters. The molecule has 0 bridgehead atoms. The Labute approximate surface area is 105 Å². The van der Waals surface area contributed by atoms with Crippen LogP contribution in [0.25, 0.3) is 0 Å². The van der Waals surface area contributed by atoms with Crippen molar-refractivity contribution in [1.29, 1.82) is 0 Å². The molecule has 2 rings (SSSR count). The average molecular weight is 266 g/mol. The molecular weight excluding hydrogens is 252 g/mol. The third-order valence-electron chi connectivity index (χ3n) is 2.54. The van der Waals surface area contributed by atoms with Crippen LogP contribution in [0.15, 0.2) is 35.5 Å². The van der Waals surface area contributed by atoms with Crippen LogP contribution in [-0.4, -0.2) is 18.4 Å². The Bertz CT molecular complexity index is 635. The number of rotatable bonds is 4. The topological polar surface area (TPSA) is 101 Å². The van der Waals surface area contributed by atoms with Crippen LogP contribution < -0.4 is 10.5 Å². The Morgan fingerprint density at radius 2 is 2.22 bits per heavy atom. The van der Waals surface area contributed by atoms with E-state index >= 15 is 0 Å². The van der Waals surface area contributed by atoms with E-state index in [1.165, 1.54) is 24.5 Å². The Balaban J connectivity index is 2.33. The quantitative estimate of drug-likeness (QED) is 0.727. The number of nitrogens with zero attached hydrogens (tertiary/aromatic N) is 1. The zero-order chi connectivity index (χ0) is 13.2. The van der Waals surface area contributed by atoms with Crippen molar-refractivity contribution in [2.45, 2.75) is 18.2 Å². The predicted octanol–water partition coefficient (Wildman–Crippen LogP) is 1.36. The number of aromatic nitrogens is 2. The third kappa shape index (κ3) is 2.45. The third-order valence-corrected chi connectivity index (χ3v) is 3.87. The fourth-order valence-corrected chi connectivity index (χ4v) is 2.58. The van der Waals surface area contributed by atoms with Gasteiger partial charge in [0.1, 0.15) is 0 Å². The first kappa shape index (κ1) is 12.4. The first-order valence-corrected chi connectivity index (χ1v) is 6.92. The van der Waals surface area contributed by atoms with E-state index in [0.717, 1.165) is 12.0 Å². The second-order valence-electron chi connectivity index (χ2n) is 3.76. The molecule has 0 aliphatic rings. The van der Waals surface area contributed by atoms with Crippen LogP contribution in [0.1, 0.15) is 12.5 Å². The van der Waals surface area contributed by atoms with Crippen LogP contribution in [-0.2, 0) is 16.4 Å². The summed E-state index contributed by atoms with van der Waals surface area (Å²) < 4.78 is 26.4. The van der Waals surface area contributed by atoms with Gasteiger partial charge in [0.25, 0.3) is 10.0 Å². The summed E-state index contributed by atoms with van der Waals surface area (Å²) in [4.78, 5) is 6.59. The maximum Gasteiger partial charge on any atom is 0.264 e. The summed E-state index contributed by atoms with van der Waals surface area (Å²) in [5, 5.41) is 0. The molecule has 4 N–H and O–H groups in total. The van der Waals surface area contributed by atoms with Crippen molar-refractivity contribution in [3.63, 3.8) is 0 Å². The zero-order valence-corrected chi connectivity index (χ0v) is 10.7. The highest BCUT2D eigenvalue weighted by Gasteiger charge is 2.16. The number of aryl methyl sites for hydroxylation is 1. The van der Waals surface area contributed by atoms with Crippen LogP contribution in [0.5, 0.6) is 0 Å². The molecule has 0 fully saturated rings. The van der Waals surface area contributed by atoms with E-state index in [2.05, 4.69) is 14.7 Å². The van der Waals surface area contributed by atoms with Gasteiger partial charge in [-0.05, 0) is 24.1 Å². The highest BCUT2D eigenvalue weighted by atomic mass is 32.2. The van der Waals surface area contributed by atoms with E-state index in [-0.39, 0.29) is 10.8 Å². The second kappa shape index (κ2) is 4.69. The highest BCUT2D eigenvalue weighted by Crippen LogP contribution is 2.19. The van der Waals surface area contributed by atoms with Crippen molar-refractivity contribution in [2.24, 2.45) is 0 Å². The van der Waals surface area contributed by atoms with Gasteiger partial charge in [0, 0.05) is 18.1 Å². The average Bonchev–Trinajstić information content (AvgIpc) is 2.81. The molecule has 1 aromatic carbocycles. The van der Waals surface area contributed by atoms with Gasteiger partial charge in [-0.15, -0.1) is 0 Å². The summed E-state index contributed by atoms with van der Waals surface area (Å²) in [5.74, 6) is 0.174. The largest absolute Gasteiger partial charge is 0.398 e. The molecule has 0 amide bonds. The lowest BCUT2D eigenvalue weighted by molar-refractivity contribution is 0.601. The Kier molecular flexibility index (Phi) is 3.24. The van der Waals surface area contributed by atoms with Crippen LogP contribution >= 0.6 is 0 Å². The van der Waals surface area contributed by atoms with Crippen molar-refractivity contribution in [3.8, 4) is 0 Å². The maximum atomic E-state index is 12.0. The van der Waals surface area contributed by atoms with Gasteiger partial charge in [-0.2, -0.15) is 0 Å². The Morgan fingerprint density at radius 3 is 2.78 bits per heavy atom. The summed E-state index contributed by atoms with van der Waals surface area (Å²) in [6.45, 7) is 1.96. The Morgan fingerprint density at radius 1 is 1.44 bits per heavy atom. The fourth-order valence-electron chi connectivity index (χ4n) is 1.57. The molecule has 0 saturated heterocycles. The van der Waals surface area contributed by atoms with Crippen molar-refractivity contribution in [2.75, 3.05) is 10.5 Å². The standard InChI is InChI=1S/C11H14N4O2S/c1-2-8-3-4-9(7-10(8)12)18(16,17)15-11-13-5-6-14-11/h3-7H,2,12H2,1H3,(H2,13,14,15). The van der Waals surface area contributed by atoms with E-state index in [9.17, 15) is 8.42 Å². The number of H-pyrrole nitrogens is 1. The van der Waals surface area contributed by atoms with E-state index in [1.807, 2.05) is 6.92 Å². The fraction of sp³-hybridized carbons (Fsp3) is 0.182. The van der Waals surface area contributed by atoms with Gasteiger partial charge in [0.2, 0.25) is 5.95 Å². The second-order valence-corrected chi connectivity index (χ2v) is 5.44. The molecule has 7 heteroatoms. The van der Waals surface area contributed by atoms with Crippen LogP contribution in [0, 0.1) is 0 Å². The van der Waals surface area contributed by atoms with Crippen molar-refractivity contribution in [1.82, 2.24) is 9.97 Å². The number of imidazole rings is 1. The summed E-state index contributed by atoms with van der Waals surface area (Å²) in [5.41, 5.74) is 7.18. The molecule has 0 aliphatic heterocycles. The molecule has 0 aliphatic carbocycles. The highest BCUT2D eigenvalue weighted by molar-refractivity contribution is 7.92. The summed E-state index contributed by atoms with van der Waals surface area (Å²) in [6.07, 6.45) is 3.76. The van der Waals surface area contributed by atoms with Crippen LogP contribution in [0.2, 0.25) is 0 Å². The van der Waals surface area contributed by atoms with Crippen LogP contribution in [0.3, 0.4) is 0 Å². The van der Waals surface area contributed by atoms with Gasteiger partial charge in [0.05, 0.1) is 4.90 Å². The van der Waals surface area contributed by atoms with Gasteiger partial charge in [0.15, 0.2) is 0 Å². The lowest BCUT2D eigenvalue weighted by Gasteiger charge is -2.08. The first-order chi connectivity index (χ1) is 8.53. The minimum atomic E-state index is -3.65. The number of nitrogen functional groups attached to an aromatic ring is 1. The van der Waals surface area contributed by atoms with E-state index in [4.69, 9.17) is 5.73 Å². The number of nitrogens with one attached hydrogen (secondary N) is 2. The maximum absolute atomic E-state index is 12.0. The number of hydrogen-bond donors (Lipinski definition) is 3. The summed E-state index contributed by atoms with van der Waals surface area (Å²) in [7, 11) is -3.65. The SMILES string of the molecule is CCc1ccc(S(=O)(=O)Nc2ncc[nH]2)cc1N. The summed E-state index contributed by atoms with van der Waals surface area (Å²) >= 11 is 0. The number of hydrogen-bond acceptors (Lipinski definition) is 4. The lowest BCUT2D eigenvalue weighted by atomic mass is 10.1. The molecule has 96 valence electrons. The van der Waals surface area contributed by atoms with Gasteiger partial charge in [-0.1, -0.05) is 13.0 Å². The molecule has 6 nitrogen and oxygen atoms in total. The number of anilines is 2. The molecule has 0 radical (unpaired) electrons. The number of aromatic amines is 1. The smallest absolute Gasteiger partial charge is 0.264 e. The molecule has 1 heterocycles. The zero-order valence-electron chi connectivity index (χ0n) is 9.84. The van der Waals surface area contributed by atoms with E-state index in [1.54, 1.807) is 6.07 Å². The molecule has 2 aromatic rings. The lowest BCUT2D eigenvalue weighted by Crippen LogP contribution is -2.14. The van der Waals surface area contributed by atoms with Gasteiger partial charge >= 0.3 is 0 Å². The van der Waals surface area contributed by atoms with Crippen molar-refractivity contribution >= 4 is 21.7 Å². The number of sulfonamides is 1. The normalized spacial score (nSPS) is 11.4. The van der Waals surface area contributed by atoms with E-state index in [0.29, 0.717) is 5.69 Å². The van der Waals surface area contributed by atoms with Crippen molar-refractivity contribution < 1.29 is 8.42 Å². The first-order valence-electron chi connectivity index (χ1n) is 5.43. The molecule has 18 heavy (non-hydrogen) atoms. The monoisotopic (exact) mass is 266 g/mol. The molecule has 0 atom stereocenters. The van der Waals surface area contributed by atoms with Crippen molar-refractivity contribution in [3.05, 3.63) is 36.2 Å². The minimum Gasteiger partial charge on any atom is -0.398 e. The van der Waals surface area contributed by atoms with E-state index < -0.39 is 10.0 Å². The molecule has 0 saturated carbocycles. The summed E-state index contributed by atoms with van der Waals surface area (Å²) in [6, 6.07) is 4.69. The predicted molar refractivity (Wildman–Crippen MR) is 69.6 cm³/mol. The number of benzene rings is 1. The molecular formula is C11H14N4O2S. The number of nitrogens with two attached hydrogens (primary N) is 1. The minimum absolute atomic E-state index is 0.119. The van der Waals surface area contributed by atoms with Crippen LogP contribution in [0.4, 0.5) is 11.6 Å². The van der Waals surface area contributed by atoms with Gasteiger partial charge in [-0.25, -0.2) is 18.1 Å². The molecule has 0 spiro atoms. The van der Waals surface area contributed by atoms with Gasteiger partial charge in [-0.3, -0.25) is 0 Å². The Hall–Kier alpha value is -2.02.